The molecule has 3 rings (SSSR count). The summed E-state index contributed by atoms with van der Waals surface area (Å²) in [5, 5.41) is -0.136. The lowest BCUT2D eigenvalue weighted by atomic mass is 10.1. The highest BCUT2D eigenvalue weighted by molar-refractivity contribution is 7.90. The van der Waals surface area contributed by atoms with Crippen LogP contribution in [0.5, 0.6) is 11.5 Å². The molecule has 0 amide bonds. The molecule has 3 aromatic rings. The second-order valence-corrected chi connectivity index (χ2v) is 8.21. The molecule has 5 nitrogen and oxygen atoms in total. The van der Waals surface area contributed by atoms with Crippen molar-refractivity contribution in [2.24, 2.45) is 0 Å². The standard InChI is InChI=1S/C19H14ClFO5S/c1-11-16(20)17(22)19(26-14-7-5-13(21)6-8-14)18(25-11)12-3-9-15(10-4-12)27(2,23)24/h3-10H,1-2H3. The van der Waals surface area contributed by atoms with Gasteiger partial charge in [-0.25, -0.2) is 12.8 Å². The molecule has 140 valence electrons. The zero-order valence-electron chi connectivity index (χ0n) is 14.3. The molecule has 0 aliphatic heterocycles. The molecule has 0 saturated heterocycles. The monoisotopic (exact) mass is 408 g/mol. The number of rotatable bonds is 4. The summed E-state index contributed by atoms with van der Waals surface area (Å²) in [6, 6.07) is 10.9. The average Bonchev–Trinajstić information content (AvgIpc) is 2.63. The summed E-state index contributed by atoms with van der Waals surface area (Å²) in [6.45, 7) is 1.53. The highest BCUT2D eigenvalue weighted by Gasteiger charge is 2.20. The van der Waals surface area contributed by atoms with Gasteiger partial charge in [0.25, 0.3) is 0 Å². The molecule has 0 aliphatic rings. The van der Waals surface area contributed by atoms with Crippen LogP contribution in [0.3, 0.4) is 0 Å². The predicted octanol–water partition coefficient (Wildman–Crippen LogP) is 4.60. The molecular weight excluding hydrogens is 395 g/mol. The first-order valence-corrected chi connectivity index (χ1v) is 10.0. The summed E-state index contributed by atoms with van der Waals surface area (Å²) >= 11 is 5.99. The van der Waals surface area contributed by atoms with E-state index in [-0.39, 0.29) is 32.9 Å². The lowest BCUT2D eigenvalue weighted by molar-refractivity contribution is 0.438. The van der Waals surface area contributed by atoms with Crippen LogP contribution < -0.4 is 10.2 Å². The van der Waals surface area contributed by atoms with Crippen molar-refractivity contribution in [3.8, 4) is 22.8 Å². The summed E-state index contributed by atoms with van der Waals surface area (Å²) in [7, 11) is -3.37. The van der Waals surface area contributed by atoms with E-state index in [1.165, 1.54) is 55.5 Å². The maximum absolute atomic E-state index is 13.1. The van der Waals surface area contributed by atoms with Gasteiger partial charge in [0.2, 0.25) is 11.2 Å². The van der Waals surface area contributed by atoms with Gasteiger partial charge in [-0.3, -0.25) is 4.79 Å². The molecule has 0 atom stereocenters. The summed E-state index contributed by atoms with van der Waals surface area (Å²) in [5.41, 5.74) is -0.164. The maximum atomic E-state index is 13.1. The summed E-state index contributed by atoms with van der Waals surface area (Å²) < 4.78 is 47.6. The smallest absolute Gasteiger partial charge is 0.246 e. The van der Waals surface area contributed by atoms with Crippen LogP contribution in [0.15, 0.2) is 62.6 Å². The van der Waals surface area contributed by atoms with Crippen molar-refractivity contribution < 1.29 is 22.0 Å². The Kier molecular flexibility index (Phi) is 5.08. The molecule has 0 radical (unpaired) electrons. The second kappa shape index (κ2) is 7.17. The number of hydrogen-bond acceptors (Lipinski definition) is 5. The average molecular weight is 409 g/mol. The quantitative estimate of drug-likeness (QED) is 0.630. The van der Waals surface area contributed by atoms with E-state index in [1.54, 1.807) is 0 Å². The van der Waals surface area contributed by atoms with Gasteiger partial charge in [0.05, 0.1) is 4.90 Å². The molecule has 0 aliphatic carbocycles. The first-order valence-electron chi connectivity index (χ1n) is 7.74. The van der Waals surface area contributed by atoms with Crippen molar-refractivity contribution in [1.82, 2.24) is 0 Å². The van der Waals surface area contributed by atoms with Crippen LogP contribution in [0.1, 0.15) is 5.76 Å². The van der Waals surface area contributed by atoms with Gasteiger partial charge in [0.15, 0.2) is 15.6 Å². The molecule has 1 heterocycles. The van der Waals surface area contributed by atoms with Gasteiger partial charge in [0, 0.05) is 11.8 Å². The molecule has 0 bridgehead atoms. The third kappa shape index (κ3) is 4.04. The van der Waals surface area contributed by atoms with Gasteiger partial charge < -0.3 is 9.15 Å². The Balaban J connectivity index is 2.14. The van der Waals surface area contributed by atoms with E-state index in [0.29, 0.717) is 5.56 Å². The molecule has 0 unspecified atom stereocenters. The SMILES string of the molecule is Cc1oc(-c2ccc(S(C)(=O)=O)cc2)c(Oc2ccc(F)cc2)c(=O)c1Cl. The first kappa shape index (κ1) is 19.1. The van der Waals surface area contributed by atoms with Gasteiger partial charge >= 0.3 is 0 Å². The van der Waals surface area contributed by atoms with Gasteiger partial charge in [-0.05, 0) is 55.5 Å². The van der Waals surface area contributed by atoms with Gasteiger partial charge in [-0.1, -0.05) is 11.6 Å². The predicted molar refractivity (Wildman–Crippen MR) is 99.7 cm³/mol. The number of aryl methyl sites for hydroxylation is 1. The van der Waals surface area contributed by atoms with Crippen LogP contribution in [-0.2, 0) is 9.84 Å². The minimum atomic E-state index is -3.37. The molecule has 27 heavy (non-hydrogen) atoms. The Morgan fingerprint density at radius 2 is 1.63 bits per heavy atom. The lowest BCUT2D eigenvalue weighted by Gasteiger charge is -2.12. The highest BCUT2D eigenvalue weighted by atomic mass is 35.5. The lowest BCUT2D eigenvalue weighted by Crippen LogP contribution is -2.09. The number of halogens is 2. The molecule has 8 heteroatoms. The summed E-state index contributed by atoms with van der Waals surface area (Å²) in [5.74, 6) is -0.128. The van der Waals surface area contributed by atoms with E-state index in [4.69, 9.17) is 20.8 Å². The summed E-state index contributed by atoms with van der Waals surface area (Å²) in [6.07, 6.45) is 1.09. The number of ether oxygens (including phenoxy) is 1. The van der Waals surface area contributed by atoms with Gasteiger partial charge in [-0.15, -0.1) is 0 Å². The Morgan fingerprint density at radius 3 is 2.19 bits per heavy atom. The molecule has 2 aromatic carbocycles. The fourth-order valence-corrected chi connectivity index (χ4v) is 3.12. The number of benzene rings is 2. The zero-order chi connectivity index (χ0) is 19.8. The van der Waals surface area contributed by atoms with E-state index in [1.807, 2.05) is 0 Å². The number of sulfone groups is 1. The van der Waals surface area contributed by atoms with Crippen LogP contribution >= 0.6 is 11.6 Å². The van der Waals surface area contributed by atoms with Crippen molar-refractivity contribution in [1.29, 1.82) is 0 Å². The molecule has 0 fully saturated rings. The van der Waals surface area contributed by atoms with Crippen molar-refractivity contribution in [3.05, 3.63) is 75.4 Å². The van der Waals surface area contributed by atoms with Crippen LogP contribution in [0.25, 0.3) is 11.3 Å². The van der Waals surface area contributed by atoms with E-state index >= 15 is 0 Å². The van der Waals surface area contributed by atoms with Crippen molar-refractivity contribution in [2.45, 2.75) is 11.8 Å². The summed E-state index contributed by atoms with van der Waals surface area (Å²) in [4.78, 5) is 12.7. The van der Waals surface area contributed by atoms with Crippen LogP contribution in [-0.4, -0.2) is 14.7 Å². The molecular formula is C19H14ClFO5S. The van der Waals surface area contributed by atoms with Crippen LogP contribution in [0, 0.1) is 12.7 Å². The minimum absolute atomic E-state index is 0.0891. The molecule has 1 aromatic heterocycles. The zero-order valence-corrected chi connectivity index (χ0v) is 15.9. The largest absolute Gasteiger partial charge is 0.456 e. The van der Waals surface area contributed by atoms with Crippen LogP contribution in [0.4, 0.5) is 4.39 Å². The third-order valence-corrected chi connectivity index (χ3v) is 5.32. The minimum Gasteiger partial charge on any atom is -0.456 e. The Bertz CT molecular complexity index is 1150. The number of hydrogen-bond donors (Lipinski definition) is 0. The second-order valence-electron chi connectivity index (χ2n) is 5.81. The fourth-order valence-electron chi connectivity index (χ4n) is 2.36. The van der Waals surface area contributed by atoms with Crippen molar-refractivity contribution in [2.75, 3.05) is 6.26 Å². The molecule has 0 spiro atoms. The normalized spacial score (nSPS) is 11.4. The van der Waals surface area contributed by atoms with E-state index in [2.05, 4.69) is 0 Å². The van der Waals surface area contributed by atoms with Gasteiger partial charge in [0.1, 0.15) is 22.3 Å². The molecule has 0 saturated carbocycles. The van der Waals surface area contributed by atoms with E-state index < -0.39 is 21.1 Å². The van der Waals surface area contributed by atoms with E-state index in [9.17, 15) is 17.6 Å². The Labute approximate surface area is 159 Å². The van der Waals surface area contributed by atoms with Crippen molar-refractivity contribution in [3.63, 3.8) is 0 Å². The highest BCUT2D eigenvalue weighted by Crippen LogP contribution is 2.34. The first-order chi connectivity index (χ1) is 12.7. The van der Waals surface area contributed by atoms with Crippen LogP contribution in [0.2, 0.25) is 5.02 Å². The topological polar surface area (TPSA) is 73.6 Å². The van der Waals surface area contributed by atoms with Gasteiger partial charge in [-0.2, -0.15) is 0 Å². The maximum Gasteiger partial charge on any atom is 0.246 e. The Morgan fingerprint density at radius 1 is 1.04 bits per heavy atom. The molecule has 0 N–H and O–H groups in total. The third-order valence-electron chi connectivity index (χ3n) is 3.75. The fraction of sp³-hybridized carbons (Fsp3) is 0.105. The van der Waals surface area contributed by atoms with Crippen molar-refractivity contribution >= 4 is 21.4 Å². The van der Waals surface area contributed by atoms with E-state index in [0.717, 1.165) is 6.26 Å². The Hall–Kier alpha value is -2.64.